The number of alkyl halides is 3. The molecule has 1 rings (SSSR count). The van der Waals surface area contributed by atoms with Crippen LogP contribution in [0, 0.1) is 12.3 Å². The maximum absolute atomic E-state index is 12.0. The van der Waals surface area contributed by atoms with Gasteiger partial charge in [0, 0.05) is 6.54 Å². The number of benzene rings is 1. The number of carboxylic acids is 1. The summed E-state index contributed by atoms with van der Waals surface area (Å²) in [5.41, 5.74) is 0.635. The maximum atomic E-state index is 12.0. The number of aliphatic carboxylic acids is 1. The Bertz CT molecular complexity index is 491. The summed E-state index contributed by atoms with van der Waals surface area (Å²) in [5.74, 6) is 0.964. The van der Waals surface area contributed by atoms with Crippen molar-refractivity contribution in [1.82, 2.24) is 4.90 Å². The second-order valence-corrected chi connectivity index (χ2v) is 3.93. The molecule has 0 heterocycles. The zero-order valence-corrected chi connectivity index (χ0v) is 10.4. The first-order chi connectivity index (χ1) is 9.30. The molecule has 1 aromatic carbocycles. The van der Waals surface area contributed by atoms with E-state index in [2.05, 4.69) is 10.7 Å². The molecule has 0 aliphatic heterocycles. The summed E-state index contributed by atoms with van der Waals surface area (Å²) < 4.78 is 39.7. The van der Waals surface area contributed by atoms with Crippen LogP contribution in [0.15, 0.2) is 24.3 Å². The Morgan fingerprint density at radius 2 is 1.95 bits per heavy atom. The van der Waals surface area contributed by atoms with Crippen molar-refractivity contribution in [3.63, 3.8) is 0 Å². The fourth-order valence-corrected chi connectivity index (χ4v) is 1.54. The van der Waals surface area contributed by atoms with Crippen LogP contribution in [0.5, 0.6) is 5.75 Å². The molecule has 20 heavy (non-hydrogen) atoms. The Hall–Kier alpha value is -2.20. The van der Waals surface area contributed by atoms with Crippen LogP contribution < -0.4 is 4.74 Å². The predicted molar refractivity (Wildman–Crippen MR) is 64.9 cm³/mol. The van der Waals surface area contributed by atoms with Crippen molar-refractivity contribution < 1.29 is 27.8 Å². The molecule has 0 aliphatic carbocycles. The SMILES string of the molecule is C#CCN(CC(=O)O)Cc1ccc(OC(F)(F)F)cc1. The van der Waals surface area contributed by atoms with E-state index in [0.29, 0.717) is 5.56 Å². The monoisotopic (exact) mass is 287 g/mol. The molecule has 0 aromatic heterocycles. The number of nitrogens with zero attached hydrogens (tertiary/aromatic N) is 1. The van der Waals surface area contributed by atoms with E-state index >= 15 is 0 Å². The van der Waals surface area contributed by atoms with Crippen molar-refractivity contribution in [1.29, 1.82) is 0 Å². The van der Waals surface area contributed by atoms with E-state index in [1.165, 1.54) is 17.0 Å². The molecule has 0 bridgehead atoms. The van der Waals surface area contributed by atoms with Gasteiger partial charge in [0.2, 0.25) is 0 Å². The summed E-state index contributed by atoms with van der Waals surface area (Å²) in [4.78, 5) is 12.1. The van der Waals surface area contributed by atoms with Gasteiger partial charge in [0.15, 0.2) is 0 Å². The highest BCUT2D eigenvalue weighted by atomic mass is 19.4. The molecule has 0 radical (unpaired) electrons. The number of carbonyl (C=O) groups is 1. The number of carboxylic acid groups (broad SMARTS) is 1. The van der Waals surface area contributed by atoms with Crippen molar-refractivity contribution in [2.24, 2.45) is 0 Å². The lowest BCUT2D eigenvalue weighted by Gasteiger charge is -2.17. The topological polar surface area (TPSA) is 49.8 Å². The van der Waals surface area contributed by atoms with E-state index in [1.54, 1.807) is 0 Å². The first-order valence-electron chi connectivity index (χ1n) is 5.52. The summed E-state index contributed by atoms with van der Waals surface area (Å²) >= 11 is 0. The predicted octanol–water partition coefficient (Wildman–Crippen LogP) is 2.10. The van der Waals surface area contributed by atoms with E-state index in [4.69, 9.17) is 11.5 Å². The molecule has 7 heteroatoms. The number of terminal acetylenes is 1. The minimum Gasteiger partial charge on any atom is -0.480 e. The molecule has 4 nitrogen and oxygen atoms in total. The van der Waals surface area contributed by atoms with Gasteiger partial charge in [-0.3, -0.25) is 9.69 Å². The Balaban J connectivity index is 2.68. The average molecular weight is 287 g/mol. The van der Waals surface area contributed by atoms with Gasteiger partial charge in [0.1, 0.15) is 5.75 Å². The van der Waals surface area contributed by atoms with Crippen molar-refractivity contribution in [3.8, 4) is 18.1 Å². The van der Waals surface area contributed by atoms with Gasteiger partial charge in [-0.1, -0.05) is 18.1 Å². The van der Waals surface area contributed by atoms with Crippen molar-refractivity contribution in [2.45, 2.75) is 12.9 Å². The Morgan fingerprint density at radius 1 is 1.35 bits per heavy atom. The first kappa shape index (κ1) is 15.9. The summed E-state index contributed by atoms with van der Waals surface area (Å²) in [6, 6.07) is 5.17. The highest BCUT2D eigenvalue weighted by Crippen LogP contribution is 2.23. The average Bonchev–Trinajstić information content (AvgIpc) is 2.29. The number of hydrogen-bond acceptors (Lipinski definition) is 3. The maximum Gasteiger partial charge on any atom is 0.573 e. The largest absolute Gasteiger partial charge is 0.573 e. The van der Waals surface area contributed by atoms with E-state index < -0.39 is 12.3 Å². The van der Waals surface area contributed by atoms with Gasteiger partial charge >= 0.3 is 12.3 Å². The van der Waals surface area contributed by atoms with Gasteiger partial charge in [-0.15, -0.1) is 19.6 Å². The van der Waals surface area contributed by atoms with Gasteiger partial charge in [0.05, 0.1) is 13.1 Å². The van der Waals surface area contributed by atoms with E-state index in [1.807, 2.05) is 0 Å². The molecule has 0 saturated heterocycles. The number of hydrogen-bond donors (Lipinski definition) is 1. The summed E-state index contributed by atoms with van der Waals surface area (Å²) in [6.07, 6.45) is 0.387. The molecule has 0 fully saturated rings. The summed E-state index contributed by atoms with van der Waals surface area (Å²) in [5, 5.41) is 8.70. The number of halogens is 3. The van der Waals surface area contributed by atoms with E-state index in [9.17, 15) is 18.0 Å². The van der Waals surface area contributed by atoms with Gasteiger partial charge in [-0.2, -0.15) is 0 Å². The van der Waals surface area contributed by atoms with Gasteiger partial charge in [-0.05, 0) is 17.7 Å². The molecule has 108 valence electrons. The van der Waals surface area contributed by atoms with Crippen LogP contribution in [0.1, 0.15) is 5.56 Å². The molecule has 0 saturated carbocycles. The summed E-state index contributed by atoms with van der Waals surface area (Å²) in [7, 11) is 0. The molecule has 1 aromatic rings. The second kappa shape index (κ2) is 6.82. The second-order valence-electron chi connectivity index (χ2n) is 3.93. The molecule has 0 atom stereocenters. The minimum absolute atomic E-state index is 0.132. The highest BCUT2D eigenvalue weighted by molar-refractivity contribution is 5.69. The summed E-state index contributed by atoms with van der Waals surface area (Å²) in [6.45, 7) is 0.112. The van der Waals surface area contributed by atoms with Crippen molar-refractivity contribution >= 4 is 5.97 Å². The third-order valence-electron chi connectivity index (χ3n) is 2.24. The van der Waals surface area contributed by atoms with Crippen LogP contribution in [-0.4, -0.2) is 35.4 Å². The molecule has 0 aliphatic rings. The lowest BCUT2D eigenvalue weighted by Crippen LogP contribution is -2.29. The Labute approximate surface area is 113 Å². The van der Waals surface area contributed by atoms with E-state index in [0.717, 1.165) is 12.1 Å². The lowest BCUT2D eigenvalue weighted by atomic mass is 10.2. The number of ether oxygens (including phenoxy) is 1. The Morgan fingerprint density at radius 3 is 2.40 bits per heavy atom. The molecule has 0 amide bonds. The van der Waals surface area contributed by atoms with Crippen LogP contribution in [0.3, 0.4) is 0 Å². The minimum atomic E-state index is -4.74. The normalized spacial score (nSPS) is 11.2. The van der Waals surface area contributed by atoms with Crippen LogP contribution in [0.4, 0.5) is 13.2 Å². The fraction of sp³-hybridized carbons (Fsp3) is 0.308. The van der Waals surface area contributed by atoms with Crippen LogP contribution >= 0.6 is 0 Å². The van der Waals surface area contributed by atoms with Crippen LogP contribution in [-0.2, 0) is 11.3 Å². The smallest absolute Gasteiger partial charge is 0.480 e. The van der Waals surface area contributed by atoms with Gasteiger partial charge < -0.3 is 9.84 Å². The quantitative estimate of drug-likeness (QED) is 0.814. The van der Waals surface area contributed by atoms with Crippen LogP contribution in [0.2, 0.25) is 0 Å². The molecule has 1 N–H and O–H groups in total. The third-order valence-corrected chi connectivity index (χ3v) is 2.24. The highest BCUT2D eigenvalue weighted by Gasteiger charge is 2.30. The van der Waals surface area contributed by atoms with Gasteiger partial charge in [0.25, 0.3) is 0 Å². The standard InChI is InChI=1S/C13H12F3NO3/c1-2-7-17(9-12(18)19)8-10-3-5-11(6-4-10)20-13(14,15)16/h1,3-6H,7-9H2,(H,18,19). The molecule has 0 unspecified atom stereocenters. The zero-order valence-electron chi connectivity index (χ0n) is 10.4. The lowest BCUT2D eigenvalue weighted by molar-refractivity contribution is -0.274. The molecular formula is C13H12F3NO3. The molecular weight excluding hydrogens is 275 g/mol. The zero-order chi connectivity index (χ0) is 15.2. The van der Waals surface area contributed by atoms with Crippen molar-refractivity contribution in [2.75, 3.05) is 13.1 Å². The Kier molecular flexibility index (Phi) is 5.41. The van der Waals surface area contributed by atoms with Gasteiger partial charge in [-0.25, -0.2) is 0 Å². The first-order valence-corrected chi connectivity index (χ1v) is 5.52. The number of rotatable bonds is 6. The van der Waals surface area contributed by atoms with Crippen LogP contribution in [0.25, 0.3) is 0 Å². The fourth-order valence-electron chi connectivity index (χ4n) is 1.54. The van der Waals surface area contributed by atoms with Crippen molar-refractivity contribution in [3.05, 3.63) is 29.8 Å². The molecule has 0 spiro atoms. The third kappa shape index (κ3) is 6.11. The van der Waals surface area contributed by atoms with E-state index in [-0.39, 0.29) is 25.4 Å².